The molecule has 0 aliphatic heterocycles. The van der Waals surface area contributed by atoms with Gasteiger partial charge in [-0.25, -0.2) is 0 Å². The van der Waals surface area contributed by atoms with Crippen LogP contribution in [0.2, 0.25) is 0 Å². The van der Waals surface area contributed by atoms with E-state index in [2.05, 4.69) is 46.6 Å². The van der Waals surface area contributed by atoms with E-state index in [0.29, 0.717) is 0 Å². The first-order chi connectivity index (χ1) is 6.80. The van der Waals surface area contributed by atoms with E-state index in [9.17, 15) is 0 Å². The lowest BCUT2D eigenvalue weighted by atomic mass is 10.0. The number of hydrogen-bond acceptors (Lipinski definition) is 1. The summed E-state index contributed by atoms with van der Waals surface area (Å²) >= 11 is 0. The van der Waals surface area contributed by atoms with Crippen molar-refractivity contribution in [2.24, 2.45) is 0 Å². The Balaban J connectivity index is 2.71. The first-order valence-corrected chi connectivity index (χ1v) is 5.16. The molecule has 0 saturated carbocycles. The number of terminal acetylenes is 1. The lowest BCUT2D eigenvalue weighted by Crippen LogP contribution is -2.08. The van der Waals surface area contributed by atoms with E-state index in [-0.39, 0.29) is 6.10 Å². The van der Waals surface area contributed by atoms with Crippen LogP contribution in [0.4, 0.5) is 0 Å². The Morgan fingerprint density at radius 1 is 1.50 bits per heavy atom. The van der Waals surface area contributed by atoms with Gasteiger partial charge in [0.25, 0.3) is 0 Å². The zero-order valence-corrected chi connectivity index (χ0v) is 9.52. The number of rotatable bonds is 4. The number of hydrogen-bond donors (Lipinski definition) is 0. The van der Waals surface area contributed by atoms with E-state index in [4.69, 9.17) is 10.9 Å². The largest absolute Gasteiger partial charge is 0.349 e. The van der Waals surface area contributed by atoms with Gasteiger partial charge in [-0.05, 0) is 17.5 Å². The summed E-state index contributed by atoms with van der Waals surface area (Å²) in [6.45, 7) is 2.14. The third-order valence-corrected chi connectivity index (χ3v) is 2.50. The summed E-state index contributed by atoms with van der Waals surface area (Å²) in [7, 11) is 2.22. The quantitative estimate of drug-likeness (QED) is 0.543. The molecule has 0 bridgehead atoms. The monoisotopic (exact) mass is 206 g/mol. The lowest BCUT2D eigenvalue weighted by molar-refractivity contribution is 0.305. The van der Waals surface area contributed by atoms with Crippen LogP contribution in [0.1, 0.15) is 18.1 Å². The van der Waals surface area contributed by atoms with Gasteiger partial charge < -0.3 is 4.52 Å². The molecule has 0 saturated heterocycles. The van der Waals surface area contributed by atoms with Crippen molar-refractivity contribution < 1.29 is 4.52 Å². The highest BCUT2D eigenvalue weighted by atomic mass is 31.0. The van der Waals surface area contributed by atoms with Crippen LogP contribution < -0.4 is 0 Å². The highest BCUT2D eigenvalue weighted by Crippen LogP contribution is 2.11. The van der Waals surface area contributed by atoms with Crippen LogP contribution in [0.5, 0.6) is 0 Å². The molecule has 1 aromatic carbocycles. The minimum atomic E-state index is -0.146. The number of aryl methyl sites for hydroxylation is 1. The summed E-state index contributed by atoms with van der Waals surface area (Å²) in [6, 6.07) is 8.43. The van der Waals surface area contributed by atoms with E-state index < -0.39 is 0 Å². The van der Waals surface area contributed by atoms with Crippen LogP contribution in [-0.4, -0.2) is 6.10 Å². The zero-order valence-electron chi connectivity index (χ0n) is 8.36. The minimum Gasteiger partial charge on any atom is -0.349 e. The molecule has 0 aliphatic rings. The SMILES string of the molecule is C#C[C@H](Cc1cccc(CC)c1)OP. The summed E-state index contributed by atoms with van der Waals surface area (Å²) in [5.74, 6) is 2.59. The van der Waals surface area contributed by atoms with Crippen molar-refractivity contribution in [1.29, 1.82) is 0 Å². The molecule has 74 valence electrons. The van der Waals surface area contributed by atoms with Gasteiger partial charge in [-0.15, -0.1) is 6.42 Å². The van der Waals surface area contributed by atoms with E-state index in [1.165, 1.54) is 11.1 Å². The third-order valence-electron chi connectivity index (χ3n) is 2.17. The molecule has 0 amide bonds. The van der Waals surface area contributed by atoms with Crippen molar-refractivity contribution in [3.8, 4) is 12.3 Å². The smallest absolute Gasteiger partial charge is 0.125 e. The maximum Gasteiger partial charge on any atom is 0.125 e. The second-order valence-electron chi connectivity index (χ2n) is 3.17. The molecule has 0 aliphatic carbocycles. The Morgan fingerprint density at radius 2 is 2.21 bits per heavy atom. The van der Waals surface area contributed by atoms with Gasteiger partial charge in [-0.3, -0.25) is 0 Å². The van der Waals surface area contributed by atoms with Crippen molar-refractivity contribution in [2.75, 3.05) is 0 Å². The highest BCUT2D eigenvalue weighted by molar-refractivity contribution is 7.09. The van der Waals surface area contributed by atoms with Gasteiger partial charge in [-0.1, -0.05) is 37.1 Å². The Hall–Kier alpha value is -0.830. The predicted molar refractivity (Wildman–Crippen MR) is 62.9 cm³/mol. The average Bonchev–Trinajstić information content (AvgIpc) is 2.26. The second kappa shape index (κ2) is 5.81. The molecule has 0 heterocycles. The van der Waals surface area contributed by atoms with Gasteiger partial charge in [0.05, 0.1) is 0 Å². The van der Waals surface area contributed by atoms with Crippen molar-refractivity contribution in [1.82, 2.24) is 0 Å². The predicted octanol–water partition coefficient (Wildman–Crippen LogP) is 2.60. The average molecular weight is 206 g/mol. The number of benzene rings is 1. The van der Waals surface area contributed by atoms with Crippen molar-refractivity contribution in [2.45, 2.75) is 25.9 Å². The van der Waals surface area contributed by atoms with Gasteiger partial charge in [0, 0.05) is 15.9 Å². The third kappa shape index (κ3) is 3.14. The van der Waals surface area contributed by atoms with Gasteiger partial charge in [0.15, 0.2) is 0 Å². The minimum absolute atomic E-state index is 0.146. The Kier molecular flexibility index (Phi) is 4.66. The molecule has 1 unspecified atom stereocenters. The summed E-state index contributed by atoms with van der Waals surface area (Å²) < 4.78 is 5.06. The molecule has 1 nitrogen and oxygen atoms in total. The van der Waals surface area contributed by atoms with E-state index in [1.807, 2.05) is 0 Å². The van der Waals surface area contributed by atoms with Crippen LogP contribution in [0.3, 0.4) is 0 Å². The lowest BCUT2D eigenvalue weighted by Gasteiger charge is -2.08. The summed E-state index contributed by atoms with van der Waals surface area (Å²) in [6.07, 6.45) is 6.99. The maximum absolute atomic E-state index is 5.31. The first kappa shape index (κ1) is 11.2. The second-order valence-corrected chi connectivity index (χ2v) is 3.44. The zero-order chi connectivity index (χ0) is 10.4. The van der Waals surface area contributed by atoms with Crippen molar-refractivity contribution >= 4 is 9.47 Å². The van der Waals surface area contributed by atoms with Crippen LogP contribution in [0, 0.1) is 12.3 Å². The van der Waals surface area contributed by atoms with Gasteiger partial charge >= 0.3 is 0 Å². The summed E-state index contributed by atoms with van der Waals surface area (Å²) in [5.41, 5.74) is 2.57. The molecular formula is C12H15OP. The fourth-order valence-electron chi connectivity index (χ4n) is 1.34. The molecule has 0 N–H and O–H groups in total. The molecule has 1 aromatic rings. The van der Waals surface area contributed by atoms with E-state index in [0.717, 1.165) is 12.8 Å². The molecular weight excluding hydrogens is 191 g/mol. The Labute approximate surface area is 88.2 Å². The molecule has 0 radical (unpaired) electrons. The Morgan fingerprint density at radius 3 is 2.79 bits per heavy atom. The van der Waals surface area contributed by atoms with Crippen molar-refractivity contribution in [3.05, 3.63) is 35.4 Å². The molecule has 0 aromatic heterocycles. The van der Waals surface area contributed by atoms with Gasteiger partial charge in [0.1, 0.15) is 6.10 Å². The molecule has 2 atom stereocenters. The normalized spacial score (nSPS) is 12.1. The van der Waals surface area contributed by atoms with Crippen molar-refractivity contribution in [3.63, 3.8) is 0 Å². The molecule has 2 heteroatoms. The molecule has 1 rings (SSSR count). The van der Waals surface area contributed by atoms with Crippen LogP contribution in [0.25, 0.3) is 0 Å². The van der Waals surface area contributed by atoms with Gasteiger partial charge in [0.2, 0.25) is 0 Å². The fourth-order valence-corrected chi connectivity index (χ4v) is 1.51. The van der Waals surface area contributed by atoms with Crippen LogP contribution >= 0.6 is 9.47 Å². The highest BCUT2D eigenvalue weighted by Gasteiger charge is 2.04. The first-order valence-electron chi connectivity index (χ1n) is 4.69. The molecule has 0 fully saturated rings. The van der Waals surface area contributed by atoms with Crippen LogP contribution in [-0.2, 0) is 17.4 Å². The topological polar surface area (TPSA) is 9.23 Å². The van der Waals surface area contributed by atoms with E-state index in [1.54, 1.807) is 0 Å². The van der Waals surface area contributed by atoms with Gasteiger partial charge in [-0.2, -0.15) is 0 Å². The maximum atomic E-state index is 5.31. The summed E-state index contributed by atoms with van der Waals surface area (Å²) in [5, 5.41) is 0. The van der Waals surface area contributed by atoms with E-state index >= 15 is 0 Å². The molecule has 14 heavy (non-hydrogen) atoms. The standard InChI is InChI=1S/C12H15OP/c1-3-10-6-5-7-11(8-10)9-12(4-2)13-14/h2,5-8,12H,3,9,14H2,1H3/t12-/m1/s1. The van der Waals surface area contributed by atoms with Crippen LogP contribution in [0.15, 0.2) is 24.3 Å². The fraction of sp³-hybridized carbons (Fsp3) is 0.333. The molecule has 0 spiro atoms. The Bertz CT molecular complexity index is 327. The summed E-state index contributed by atoms with van der Waals surface area (Å²) in [4.78, 5) is 0.